The second-order valence-corrected chi connectivity index (χ2v) is 2.66. The van der Waals surface area contributed by atoms with Crippen molar-refractivity contribution < 1.29 is 4.79 Å². The van der Waals surface area contributed by atoms with E-state index in [1.54, 1.807) is 6.07 Å². The Balaban J connectivity index is 3.20. The van der Waals surface area contributed by atoms with Gasteiger partial charge < -0.3 is 5.73 Å². The third kappa shape index (κ3) is 2.11. The number of rotatable bonds is 1. The number of anilines is 1. The molecule has 1 amide bonds. The Labute approximate surface area is 78.7 Å². The Hall–Kier alpha value is -1.71. The summed E-state index contributed by atoms with van der Waals surface area (Å²) in [5.74, 6) is -0.734. The van der Waals surface area contributed by atoms with Crippen molar-refractivity contribution in [3.05, 3.63) is 39.2 Å². The van der Waals surface area contributed by atoms with Crippen molar-refractivity contribution in [2.24, 2.45) is 5.11 Å². The molecule has 0 aliphatic rings. The second kappa shape index (κ2) is 3.80. The van der Waals surface area contributed by atoms with Crippen molar-refractivity contribution in [3.8, 4) is 0 Å². The minimum atomic E-state index is -0.734. The molecule has 0 atom stereocenters. The van der Waals surface area contributed by atoms with Gasteiger partial charge in [-0.05, 0) is 28.8 Å². The maximum atomic E-state index is 11.1. The number of hydrogen-bond acceptors (Lipinski definition) is 2. The minimum Gasteiger partial charge on any atom is -0.398 e. The quantitative estimate of drug-likeness (QED) is 0.323. The highest BCUT2D eigenvalue weighted by Crippen LogP contribution is 2.18. The van der Waals surface area contributed by atoms with Crippen LogP contribution in [0.15, 0.2) is 23.3 Å². The lowest BCUT2D eigenvalue weighted by Crippen LogP contribution is -1.99. The third-order valence-corrected chi connectivity index (χ3v) is 1.62. The van der Waals surface area contributed by atoms with E-state index in [0.717, 1.165) is 0 Å². The van der Waals surface area contributed by atoms with Gasteiger partial charge in [-0.2, -0.15) is 0 Å². The first-order chi connectivity index (χ1) is 6.15. The Morgan fingerprint density at radius 3 is 2.92 bits per heavy atom. The van der Waals surface area contributed by atoms with E-state index in [1.807, 2.05) is 0 Å². The lowest BCUT2D eigenvalue weighted by atomic mass is 10.2. The Morgan fingerprint density at radius 1 is 1.62 bits per heavy atom. The predicted molar refractivity (Wildman–Crippen MR) is 49.3 cm³/mol. The standard InChI is InChI=1S/C7H5ClN4O/c8-4-1-2-6(9)5(3-4)7(13)11-12-10/h1-3H,9H2. The molecule has 1 aromatic rings. The van der Waals surface area contributed by atoms with Crippen LogP contribution in [0.25, 0.3) is 10.4 Å². The maximum absolute atomic E-state index is 11.1. The first-order valence-electron chi connectivity index (χ1n) is 3.29. The summed E-state index contributed by atoms with van der Waals surface area (Å²) in [4.78, 5) is 13.4. The van der Waals surface area contributed by atoms with Crippen LogP contribution >= 0.6 is 11.6 Å². The largest absolute Gasteiger partial charge is 0.398 e. The summed E-state index contributed by atoms with van der Waals surface area (Å²) in [6, 6.07) is 4.38. The molecule has 0 unspecified atom stereocenters. The van der Waals surface area contributed by atoms with Crippen molar-refractivity contribution in [2.45, 2.75) is 0 Å². The number of nitrogen functional groups attached to an aromatic ring is 1. The zero-order chi connectivity index (χ0) is 9.84. The Kier molecular flexibility index (Phi) is 2.74. The third-order valence-electron chi connectivity index (χ3n) is 1.38. The zero-order valence-corrected chi connectivity index (χ0v) is 7.19. The van der Waals surface area contributed by atoms with Gasteiger partial charge in [-0.15, -0.1) is 0 Å². The van der Waals surface area contributed by atoms with E-state index in [1.165, 1.54) is 12.1 Å². The minimum absolute atomic E-state index is 0.116. The average Bonchev–Trinajstić information content (AvgIpc) is 2.09. The molecule has 0 aliphatic carbocycles. The van der Waals surface area contributed by atoms with Gasteiger partial charge in [-0.1, -0.05) is 11.6 Å². The number of carbonyl (C=O) groups excluding carboxylic acids is 1. The lowest BCUT2D eigenvalue weighted by Gasteiger charge is -2.00. The van der Waals surface area contributed by atoms with Crippen LogP contribution < -0.4 is 5.73 Å². The summed E-state index contributed by atoms with van der Waals surface area (Å²) in [6.07, 6.45) is 0. The summed E-state index contributed by atoms with van der Waals surface area (Å²) in [5.41, 5.74) is 13.8. The zero-order valence-electron chi connectivity index (χ0n) is 6.44. The SMILES string of the molecule is [N-]=[N+]=NC(=O)c1cc(Cl)ccc1N. The van der Waals surface area contributed by atoms with E-state index in [9.17, 15) is 4.79 Å². The number of nitrogens with zero attached hydrogens (tertiary/aromatic N) is 3. The molecule has 0 radical (unpaired) electrons. The van der Waals surface area contributed by atoms with Gasteiger partial charge in [-0.25, -0.2) is 0 Å². The van der Waals surface area contributed by atoms with Gasteiger partial charge in [0.1, 0.15) is 0 Å². The van der Waals surface area contributed by atoms with E-state index >= 15 is 0 Å². The second-order valence-electron chi connectivity index (χ2n) is 2.23. The van der Waals surface area contributed by atoms with Crippen molar-refractivity contribution in [1.82, 2.24) is 0 Å². The monoisotopic (exact) mass is 196 g/mol. The molecule has 0 saturated carbocycles. The van der Waals surface area contributed by atoms with E-state index in [4.69, 9.17) is 22.9 Å². The summed E-state index contributed by atoms with van der Waals surface area (Å²) >= 11 is 5.62. The fourth-order valence-electron chi connectivity index (χ4n) is 0.808. The molecule has 5 nitrogen and oxygen atoms in total. The number of benzene rings is 1. The lowest BCUT2D eigenvalue weighted by molar-refractivity contribution is 0.100. The first kappa shape index (κ1) is 9.38. The van der Waals surface area contributed by atoms with Crippen molar-refractivity contribution >= 4 is 23.2 Å². The molecule has 2 N–H and O–H groups in total. The number of azide groups is 1. The van der Waals surface area contributed by atoms with Crippen LogP contribution in [0, 0.1) is 0 Å². The van der Waals surface area contributed by atoms with E-state index < -0.39 is 5.91 Å². The van der Waals surface area contributed by atoms with Crippen LogP contribution in [0.3, 0.4) is 0 Å². The molecule has 0 heterocycles. The van der Waals surface area contributed by atoms with Crippen molar-refractivity contribution in [3.63, 3.8) is 0 Å². The van der Waals surface area contributed by atoms with Gasteiger partial charge in [0.25, 0.3) is 5.91 Å². The van der Waals surface area contributed by atoms with Crippen molar-refractivity contribution in [2.75, 3.05) is 5.73 Å². The van der Waals surface area contributed by atoms with E-state index in [2.05, 4.69) is 10.0 Å². The molecule has 1 aromatic carbocycles. The number of nitrogens with two attached hydrogens (primary N) is 1. The van der Waals surface area contributed by atoms with Crippen LogP contribution in [0.2, 0.25) is 5.02 Å². The van der Waals surface area contributed by atoms with E-state index in [-0.39, 0.29) is 11.3 Å². The smallest absolute Gasteiger partial charge is 0.251 e. The molecule has 0 spiro atoms. The molecule has 6 heteroatoms. The average molecular weight is 197 g/mol. The maximum Gasteiger partial charge on any atom is 0.251 e. The normalized spacial score (nSPS) is 9.00. The number of halogens is 1. The van der Waals surface area contributed by atoms with Crippen molar-refractivity contribution in [1.29, 1.82) is 0 Å². The topological polar surface area (TPSA) is 91.9 Å². The van der Waals surface area contributed by atoms with Crippen LogP contribution in [-0.2, 0) is 0 Å². The Morgan fingerprint density at radius 2 is 2.31 bits per heavy atom. The van der Waals surface area contributed by atoms with Gasteiger partial charge in [0, 0.05) is 21.2 Å². The predicted octanol–water partition coefficient (Wildman–Crippen LogP) is 2.37. The van der Waals surface area contributed by atoms with Gasteiger partial charge in [0.2, 0.25) is 0 Å². The first-order valence-corrected chi connectivity index (χ1v) is 3.67. The van der Waals surface area contributed by atoms with Gasteiger partial charge in [0.05, 0.1) is 0 Å². The molecule has 0 fully saturated rings. The molecular formula is C7H5ClN4O. The number of amides is 1. The molecule has 0 bridgehead atoms. The molecule has 0 aliphatic heterocycles. The summed E-state index contributed by atoms with van der Waals surface area (Å²) < 4.78 is 0. The molecule has 66 valence electrons. The molecule has 1 rings (SSSR count). The molecule has 13 heavy (non-hydrogen) atoms. The summed E-state index contributed by atoms with van der Waals surface area (Å²) in [7, 11) is 0. The number of hydrogen-bond donors (Lipinski definition) is 1. The fraction of sp³-hybridized carbons (Fsp3) is 0. The van der Waals surface area contributed by atoms with E-state index in [0.29, 0.717) is 5.02 Å². The fourth-order valence-corrected chi connectivity index (χ4v) is 0.980. The van der Waals surface area contributed by atoms with Gasteiger partial charge in [0.15, 0.2) is 0 Å². The summed E-state index contributed by atoms with van der Waals surface area (Å²) in [6.45, 7) is 0. The van der Waals surface area contributed by atoms with Crippen LogP contribution in [0.5, 0.6) is 0 Å². The molecule has 0 aromatic heterocycles. The number of carbonyl (C=O) groups is 1. The highest BCUT2D eigenvalue weighted by atomic mass is 35.5. The van der Waals surface area contributed by atoms with Gasteiger partial charge >= 0.3 is 0 Å². The molecular weight excluding hydrogens is 192 g/mol. The Bertz CT molecular complexity index is 397. The summed E-state index contributed by atoms with van der Waals surface area (Å²) in [5, 5.41) is 3.27. The highest BCUT2D eigenvalue weighted by molar-refractivity contribution is 6.31. The van der Waals surface area contributed by atoms with Gasteiger partial charge in [-0.3, -0.25) is 4.79 Å². The van der Waals surface area contributed by atoms with Crippen LogP contribution in [-0.4, -0.2) is 5.91 Å². The van der Waals surface area contributed by atoms with Crippen LogP contribution in [0.4, 0.5) is 5.69 Å². The van der Waals surface area contributed by atoms with Crippen LogP contribution in [0.1, 0.15) is 10.4 Å². The highest BCUT2D eigenvalue weighted by Gasteiger charge is 2.07. The molecule has 0 saturated heterocycles.